The molecule has 78 valence electrons. The molecule has 0 amide bonds. The Labute approximate surface area is 84.9 Å². The van der Waals surface area contributed by atoms with Crippen LogP contribution in [0.25, 0.3) is 0 Å². The van der Waals surface area contributed by atoms with Gasteiger partial charge in [-0.3, -0.25) is 0 Å². The molecule has 1 heterocycles. The molecule has 1 aromatic heterocycles. The Bertz CT molecular complexity index is 275. The smallest absolute Gasteiger partial charge is 0.149 e. The number of aryl methyl sites for hydroxylation is 1. The third kappa shape index (κ3) is 3.30. The lowest BCUT2D eigenvalue weighted by Gasteiger charge is -2.15. The Morgan fingerprint density at radius 2 is 2.36 bits per heavy atom. The number of hydrogen-bond donors (Lipinski definition) is 2. The fourth-order valence-electron chi connectivity index (χ4n) is 1.34. The summed E-state index contributed by atoms with van der Waals surface area (Å²) in [6.45, 7) is 4.77. The van der Waals surface area contributed by atoms with Crippen molar-refractivity contribution in [2.24, 2.45) is 5.73 Å². The number of nitrogens with two attached hydrogens (primary N) is 1. The monoisotopic (exact) mass is 194 g/mol. The van der Waals surface area contributed by atoms with E-state index in [1.807, 2.05) is 13.0 Å². The van der Waals surface area contributed by atoms with Crippen LogP contribution in [-0.2, 0) is 0 Å². The van der Waals surface area contributed by atoms with Gasteiger partial charge in [0, 0.05) is 12.6 Å². The molecule has 0 saturated heterocycles. The first-order chi connectivity index (χ1) is 6.76. The minimum atomic E-state index is 0.302. The van der Waals surface area contributed by atoms with Gasteiger partial charge in [0.2, 0.25) is 0 Å². The van der Waals surface area contributed by atoms with Crippen molar-refractivity contribution < 1.29 is 0 Å². The Kier molecular flexibility index (Phi) is 4.32. The zero-order valence-electron chi connectivity index (χ0n) is 8.83. The number of nitrogens with one attached hydrogen (secondary N) is 1. The second-order valence-corrected chi connectivity index (χ2v) is 3.48. The number of anilines is 1. The van der Waals surface area contributed by atoms with Crippen molar-refractivity contribution in [1.82, 2.24) is 10.2 Å². The van der Waals surface area contributed by atoms with E-state index in [-0.39, 0.29) is 0 Å². The molecule has 0 saturated carbocycles. The van der Waals surface area contributed by atoms with Crippen molar-refractivity contribution >= 4 is 5.82 Å². The first kappa shape index (κ1) is 10.9. The predicted octanol–water partition coefficient (Wildman–Crippen LogP) is 1.32. The molecule has 1 atom stereocenters. The first-order valence-corrected chi connectivity index (χ1v) is 5.02. The topological polar surface area (TPSA) is 63.8 Å². The summed E-state index contributed by atoms with van der Waals surface area (Å²) in [6.07, 6.45) is 3.92. The van der Waals surface area contributed by atoms with Crippen LogP contribution in [-0.4, -0.2) is 22.8 Å². The Morgan fingerprint density at radius 1 is 1.57 bits per heavy atom. The van der Waals surface area contributed by atoms with Crippen LogP contribution in [0.15, 0.2) is 12.3 Å². The average Bonchev–Trinajstić information content (AvgIpc) is 2.17. The van der Waals surface area contributed by atoms with Gasteiger partial charge < -0.3 is 11.1 Å². The molecule has 0 spiro atoms. The second kappa shape index (κ2) is 5.54. The summed E-state index contributed by atoms with van der Waals surface area (Å²) in [6, 6.07) is 2.28. The molecule has 0 fully saturated rings. The fraction of sp³-hybridized carbons (Fsp3) is 0.600. The van der Waals surface area contributed by atoms with Crippen molar-refractivity contribution in [2.75, 3.05) is 11.9 Å². The molecule has 0 bridgehead atoms. The maximum Gasteiger partial charge on any atom is 0.149 e. The minimum Gasteiger partial charge on any atom is -0.365 e. The van der Waals surface area contributed by atoms with E-state index in [2.05, 4.69) is 22.4 Å². The van der Waals surface area contributed by atoms with Crippen LogP contribution >= 0.6 is 0 Å². The van der Waals surface area contributed by atoms with E-state index < -0.39 is 0 Å². The van der Waals surface area contributed by atoms with Crippen LogP contribution in [0.1, 0.15) is 25.3 Å². The zero-order valence-corrected chi connectivity index (χ0v) is 8.83. The molecular formula is C10H18N4. The van der Waals surface area contributed by atoms with Crippen LogP contribution in [0.4, 0.5) is 5.82 Å². The molecule has 0 aromatic carbocycles. The normalized spacial score (nSPS) is 12.5. The zero-order chi connectivity index (χ0) is 10.4. The number of hydrogen-bond acceptors (Lipinski definition) is 4. The van der Waals surface area contributed by atoms with Gasteiger partial charge in [-0.05, 0) is 25.0 Å². The van der Waals surface area contributed by atoms with Crippen LogP contribution in [0, 0.1) is 6.92 Å². The highest BCUT2D eigenvalue weighted by Crippen LogP contribution is 2.07. The summed E-state index contributed by atoms with van der Waals surface area (Å²) >= 11 is 0. The van der Waals surface area contributed by atoms with Gasteiger partial charge in [-0.15, -0.1) is 5.10 Å². The van der Waals surface area contributed by atoms with Crippen molar-refractivity contribution in [2.45, 2.75) is 32.7 Å². The minimum absolute atomic E-state index is 0.302. The highest BCUT2D eigenvalue weighted by atomic mass is 15.2. The molecule has 0 aliphatic rings. The van der Waals surface area contributed by atoms with Crippen molar-refractivity contribution in [3.8, 4) is 0 Å². The van der Waals surface area contributed by atoms with Gasteiger partial charge in [-0.2, -0.15) is 5.10 Å². The Balaban J connectivity index is 2.57. The quantitative estimate of drug-likeness (QED) is 0.742. The van der Waals surface area contributed by atoms with Crippen LogP contribution in [0.2, 0.25) is 0 Å². The molecule has 3 N–H and O–H groups in total. The highest BCUT2D eigenvalue weighted by molar-refractivity contribution is 5.36. The van der Waals surface area contributed by atoms with Crippen molar-refractivity contribution in [1.29, 1.82) is 0 Å². The molecule has 1 rings (SSSR count). The van der Waals surface area contributed by atoms with Gasteiger partial charge in [0.1, 0.15) is 5.82 Å². The van der Waals surface area contributed by atoms with Crippen LogP contribution < -0.4 is 11.1 Å². The Hall–Kier alpha value is -1.16. The molecule has 0 aliphatic carbocycles. The van der Waals surface area contributed by atoms with Crippen LogP contribution in [0.3, 0.4) is 0 Å². The fourth-order valence-corrected chi connectivity index (χ4v) is 1.34. The summed E-state index contributed by atoms with van der Waals surface area (Å²) in [5.41, 5.74) is 6.74. The van der Waals surface area contributed by atoms with Crippen molar-refractivity contribution in [3.63, 3.8) is 0 Å². The van der Waals surface area contributed by atoms with E-state index in [1.54, 1.807) is 6.20 Å². The lowest BCUT2D eigenvalue weighted by molar-refractivity contribution is 0.644. The molecule has 14 heavy (non-hydrogen) atoms. The maximum absolute atomic E-state index is 5.63. The Morgan fingerprint density at radius 3 is 2.93 bits per heavy atom. The van der Waals surface area contributed by atoms with Gasteiger partial charge >= 0.3 is 0 Å². The molecule has 0 radical (unpaired) electrons. The average molecular weight is 194 g/mol. The second-order valence-electron chi connectivity index (χ2n) is 3.48. The summed E-state index contributed by atoms with van der Waals surface area (Å²) in [7, 11) is 0. The van der Waals surface area contributed by atoms with E-state index in [0.717, 1.165) is 24.2 Å². The summed E-state index contributed by atoms with van der Waals surface area (Å²) in [5, 5.41) is 11.1. The lowest BCUT2D eigenvalue weighted by atomic mass is 10.1. The lowest BCUT2D eigenvalue weighted by Crippen LogP contribution is -2.29. The van der Waals surface area contributed by atoms with Gasteiger partial charge in [0.15, 0.2) is 0 Å². The first-order valence-electron chi connectivity index (χ1n) is 5.02. The van der Waals surface area contributed by atoms with Crippen molar-refractivity contribution in [3.05, 3.63) is 17.8 Å². The van der Waals surface area contributed by atoms with E-state index in [1.165, 1.54) is 0 Å². The molecule has 4 nitrogen and oxygen atoms in total. The molecule has 1 aromatic rings. The summed E-state index contributed by atoms with van der Waals surface area (Å²) < 4.78 is 0. The molecule has 1 unspecified atom stereocenters. The third-order valence-electron chi connectivity index (χ3n) is 2.06. The standard InChI is InChI=1S/C10H18N4/c1-3-4-9(6-11)13-10-5-8(2)7-12-14-10/h5,7,9H,3-4,6,11H2,1-2H3,(H,13,14). The third-order valence-corrected chi connectivity index (χ3v) is 2.06. The van der Waals surface area contributed by atoms with E-state index >= 15 is 0 Å². The van der Waals surface area contributed by atoms with Gasteiger partial charge in [0.25, 0.3) is 0 Å². The van der Waals surface area contributed by atoms with E-state index in [4.69, 9.17) is 5.73 Å². The molecule has 0 aliphatic heterocycles. The van der Waals surface area contributed by atoms with Gasteiger partial charge in [0.05, 0.1) is 6.20 Å². The van der Waals surface area contributed by atoms with Gasteiger partial charge in [-0.25, -0.2) is 0 Å². The molecule has 4 heteroatoms. The number of rotatable bonds is 5. The van der Waals surface area contributed by atoms with E-state index in [9.17, 15) is 0 Å². The summed E-state index contributed by atoms with van der Waals surface area (Å²) in [5.74, 6) is 0.814. The van der Waals surface area contributed by atoms with E-state index in [0.29, 0.717) is 12.6 Å². The molecular weight excluding hydrogens is 176 g/mol. The largest absolute Gasteiger partial charge is 0.365 e. The highest BCUT2D eigenvalue weighted by Gasteiger charge is 2.05. The maximum atomic E-state index is 5.63. The summed E-state index contributed by atoms with van der Waals surface area (Å²) in [4.78, 5) is 0. The predicted molar refractivity (Wildman–Crippen MR) is 58.1 cm³/mol. The van der Waals surface area contributed by atoms with Crippen LogP contribution in [0.5, 0.6) is 0 Å². The number of nitrogens with zero attached hydrogens (tertiary/aromatic N) is 2. The number of aromatic nitrogens is 2. The van der Waals surface area contributed by atoms with Gasteiger partial charge in [-0.1, -0.05) is 13.3 Å². The SMILES string of the molecule is CCCC(CN)Nc1cc(C)cnn1.